The molecule has 0 atom stereocenters. The van der Waals surface area contributed by atoms with E-state index < -0.39 is 0 Å². The first kappa shape index (κ1) is 27.3. The van der Waals surface area contributed by atoms with E-state index in [1.54, 1.807) is 0 Å². The van der Waals surface area contributed by atoms with Gasteiger partial charge in [-0.3, -0.25) is 0 Å². The first-order chi connectivity index (χ1) is 24.8. The molecule has 0 aliphatic carbocycles. The molecule has 2 nitrogen and oxygen atoms in total. The van der Waals surface area contributed by atoms with Crippen LogP contribution >= 0.6 is 0 Å². The second-order valence-corrected chi connectivity index (χ2v) is 13.3. The lowest BCUT2D eigenvalue weighted by atomic mass is 9.93. The van der Waals surface area contributed by atoms with Crippen molar-refractivity contribution in [2.24, 2.45) is 0 Å². The normalized spacial score (nSPS) is 12.0. The van der Waals surface area contributed by atoms with E-state index in [2.05, 4.69) is 191 Å². The number of hydrogen-bond donors (Lipinski definition) is 0. The highest BCUT2D eigenvalue weighted by molar-refractivity contribution is 6.36. The van der Waals surface area contributed by atoms with Gasteiger partial charge in [0.2, 0.25) is 0 Å². The van der Waals surface area contributed by atoms with E-state index in [0.717, 1.165) is 11.4 Å². The van der Waals surface area contributed by atoms with E-state index in [1.807, 2.05) is 0 Å². The molecule has 0 fully saturated rings. The van der Waals surface area contributed by atoms with Gasteiger partial charge in [-0.05, 0) is 80.5 Å². The molecule has 50 heavy (non-hydrogen) atoms. The molecule has 2 heterocycles. The van der Waals surface area contributed by atoms with Crippen LogP contribution in [0.15, 0.2) is 182 Å². The minimum Gasteiger partial charge on any atom is -0.309 e. The number of benzene rings is 9. The quantitative estimate of drug-likeness (QED) is 0.171. The van der Waals surface area contributed by atoms with E-state index >= 15 is 0 Å². The largest absolute Gasteiger partial charge is 0.309 e. The van der Waals surface area contributed by atoms with Crippen molar-refractivity contribution in [2.75, 3.05) is 0 Å². The fourth-order valence-corrected chi connectivity index (χ4v) is 8.53. The van der Waals surface area contributed by atoms with Crippen molar-refractivity contribution in [1.29, 1.82) is 0 Å². The molecule has 0 N–H and O–H groups in total. The maximum atomic E-state index is 2.51. The molecule has 0 spiro atoms. The lowest BCUT2D eigenvalue weighted by molar-refractivity contribution is 1.17. The van der Waals surface area contributed by atoms with Gasteiger partial charge in [-0.1, -0.05) is 140 Å². The Bertz CT molecular complexity index is 3120. The van der Waals surface area contributed by atoms with E-state index in [0.29, 0.717) is 0 Å². The Morgan fingerprint density at radius 1 is 0.280 bits per heavy atom. The van der Waals surface area contributed by atoms with Crippen LogP contribution < -0.4 is 0 Å². The van der Waals surface area contributed by atoms with Crippen LogP contribution in [0.4, 0.5) is 0 Å². The van der Waals surface area contributed by atoms with Gasteiger partial charge in [0, 0.05) is 38.3 Å². The smallest absolute Gasteiger partial charge is 0.0626 e. The molecule has 9 aromatic carbocycles. The van der Waals surface area contributed by atoms with Gasteiger partial charge in [-0.2, -0.15) is 0 Å². The summed E-state index contributed by atoms with van der Waals surface area (Å²) in [6.07, 6.45) is 0. The Morgan fingerprint density at radius 2 is 0.840 bits per heavy atom. The Morgan fingerprint density at radius 3 is 1.62 bits per heavy atom. The van der Waals surface area contributed by atoms with Crippen LogP contribution in [0.5, 0.6) is 0 Å². The molecule has 0 saturated heterocycles. The predicted octanol–water partition coefficient (Wildman–Crippen LogP) is 13.0. The number of para-hydroxylation sites is 2. The minimum atomic E-state index is 1.16. The van der Waals surface area contributed by atoms with Crippen LogP contribution in [0, 0.1) is 0 Å². The SMILES string of the molecule is c1ccc(-c2ccc(-n3c4ccccc4c4cc(-n5c6ccccc6c6c7ccccc7c7c8ccccc8ccc7c65)ccc43)cc2)cc1. The predicted molar refractivity (Wildman–Crippen MR) is 213 cm³/mol. The zero-order chi connectivity index (χ0) is 32.8. The van der Waals surface area contributed by atoms with Crippen LogP contribution in [-0.4, -0.2) is 9.13 Å². The van der Waals surface area contributed by atoms with Crippen LogP contribution in [-0.2, 0) is 0 Å². The van der Waals surface area contributed by atoms with E-state index in [4.69, 9.17) is 0 Å². The van der Waals surface area contributed by atoms with Crippen molar-refractivity contribution < 1.29 is 0 Å². The monoisotopic (exact) mass is 634 g/mol. The number of fused-ring (bicyclic) bond motifs is 13. The molecule has 11 rings (SSSR count). The zero-order valence-corrected chi connectivity index (χ0v) is 27.2. The van der Waals surface area contributed by atoms with E-state index in [1.165, 1.54) is 87.1 Å². The Kier molecular flexibility index (Phi) is 5.70. The second-order valence-electron chi connectivity index (χ2n) is 13.3. The summed E-state index contributed by atoms with van der Waals surface area (Å²) in [4.78, 5) is 0. The molecular weight excluding hydrogens is 605 g/mol. The summed E-state index contributed by atoms with van der Waals surface area (Å²) >= 11 is 0. The second kappa shape index (κ2) is 10.4. The molecule has 0 amide bonds. The van der Waals surface area contributed by atoms with Gasteiger partial charge >= 0.3 is 0 Å². The zero-order valence-electron chi connectivity index (χ0n) is 27.2. The molecule has 0 aliphatic heterocycles. The van der Waals surface area contributed by atoms with Gasteiger partial charge in [0.1, 0.15) is 0 Å². The van der Waals surface area contributed by atoms with Crippen molar-refractivity contribution in [1.82, 2.24) is 9.13 Å². The average molecular weight is 635 g/mol. The minimum absolute atomic E-state index is 1.16. The van der Waals surface area contributed by atoms with Crippen molar-refractivity contribution in [3.63, 3.8) is 0 Å². The Hall–Kier alpha value is -6.64. The van der Waals surface area contributed by atoms with Gasteiger partial charge in [0.15, 0.2) is 0 Å². The average Bonchev–Trinajstić information content (AvgIpc) is 3.71. The summed E-state index contributed by atoms with van der Waals surface area (Å²) < 4.78 is 4.92. The molecular formula is C48H30N2. The first-order valence-corrected chi connectivity index (χ1v) is 17.3. The molecule has 2 heteroatoms. The third-order valence-electron chi connectivity index (χ3n) is 10.7. The number of hydrogen-bond acceptors (Lipinski definition) is 0. The van der Waals surface area contributed by atoms with Crippen molar-refractivity contribution >= 4 is 75.9 Å². The molecule has 0 radical (unpaired) electrons. The summed E-state index contributed by atoms with van der Waals surface area (Å²) in [5.74, 6) is 0. The van der Waals surface area contributed by atoms with Crippen LogP contribution in [0.25, 0.3) is 98.4 Å². The maximum Gasteiger partial charge on any atom is 0.0626 e. The highest BCUT2D eigenvalue weighted by Crippen LogP contribution is 2.45. The molecule has 0 unspecified atom stereocenters. The molecule has 2 aromatic heterocycles. The summed E-state index contributed by atoms with van der Waals surface area (Å²) in [7, 11) is 0. The fourth-order valence-electron chi connectivity index (χ4n) is 8.53. The highest BCUT2D eigenvalue weighted by atomic mass is 15.0. The van der Waals surface area contributed by atoms with Crippen molar-refractivity contribution in [3.8, 4) is 22.5 Å². The third kappa shape index (κ3) is 3.79. The maximum absolute atomic E-state index is 2.51. The summed E-state index contributed by atoms with van der Waals surface area (Å²) in [5.41, 5.74) is 9.64. The third-order valence-corrected chi connectivity index (χ3v) is 10.7. The van der Waals surface area contributed by atoms with E-state index in [9.17, 15) is 0 Å². The first-order valence-electron chi connectivity index (χ1n) is 17.3. The standard InChI is InChI=1S/C48H30N2/c1-2-12-31(13-3-1)32-22-25-34(26-23-32)49-43-20-10-8-16-37(43)42-30-35(27-29-45(42)49)50-44-21-11-9-19-40(44)47-39-18-7-6-17-38(39)46-36-15-5-4-14-33(36)24-28-41(46)48(47)50/h1-30H. The number of aromatic nitrogens is 2. The van der Waals surface area contributed by atoms with Gasteiger partial charge in [-0.15, -0.1) is 0 Å². The lowest BCUT2D eigenvalue weighted by Crippen LogP contribution is -1.96. The van der Waals surface area contributed by atoms with Crippen LogP contribution in [0.1, 0.15) is 0 Å². The Labute approximate surface area is 288 Å². The molecule has 0 saturated carbocycles. The number of rotatable bonds is 3. The summed E-state index contributed by atoms with van der Waals surface area (Å²) in [6.45, 7) is 0. The topological polar surface area (TPSA) is 9.86 Å². The number of nitrogens with zero attached hydrogens (tertiary/aromatic N) is 2. The van der Waals surface area contributed by atoms with Gasteiger partial charge in [-0.25, -0.2) is 0 Å². The van der Waals surface area contributed by atoms with Crippen LogP contribution in [0.2, 0.25) is 0 Å². The molecule has 11 aromatic rings. The molecule has 232 valence electrons. The van der Waals surface area contributed by atoms with Crippen molar-refractivity contribution in [2.45, 2.75) is 0 Å². The lowest BCUT2D eigenvalue weighted by Gasteiger charge is -2.14. The van der Waals surface area contributed by atoms with Crippen molar-refractivity contribution in [3.05, 3.63) is 182 Å². The van der Waals surface area contributed by atoms with E-state index in [-0.39, 0.29) is 0 Å². The highest BCUT2D eigenvalue weighted by Gasteiger charge is 2.21. The van der Waals surface area contributed by atoms with Gasteiger partial charge < -0.3 is 9.13 Å². The molecule has 0 aliphatic rings. The fraction of sp³-hybridized carbons (Fsp3) is 0. The summed E-state index contributed by atoms with van der Waals surface area (Å²) in [5, 5.41) is 12.8. The Balaban J connectivity index is 1.22. The van der Waals surface area contributed by atoms with Gasteiger partial charge in [0.25, 0.3) is 0 Å². The van der Waals surface area contributed by atoms with Crippen LogP contribution in [0.3, 0.4) is 0 Å². The summed E-state index contributed by atoms with van der Waals surface area (Å²) in [6, 6.07) is 66.7. The van der Waals surface area contributed by atoms with Gasteiger partial charge in [0.05, 0.1) is 22.1 Å². The molecule has 0 bridgehead atoms.